The average Bonchev–Trinajstić information content (AvgIpc) is 3.14. The first kappa shape index (κ1) is 30.1. The van der Waals surface area contributed by atoms with Crippen molar-refractivity contribution in [1.82, 2.24) is 4.57 Å². The number of phenolic OH excluding ortho intramolecular Hbond substituents is 1. The molecule has 0 spiro atoms. The van der Waals surface area contributed by atoms with E-state index >= 15 is 0 Å². The molecule has 0 bridgehead atoms. The van der Waals surface area contributed by atoms with Gasteiger partial charge in [0.2, 0.25) is 0 Å². The van der Waals surface area contributed by atoms with Gasteiger partial charge in [0.05, 0.1) is 32.5 Å². The van der Waals surface area contributed by atoms with Crippen LogP contribution in [0.3, 0.4) is 0 Å². The van der Waals surface area contributed by atoms with Crippen LogP contribution in [0.5, 0.6) is 5.75 Å². The molecule has 0 fully saturated rings. The molecule has 4 rings (SSSR count). The minimum Gasteiger partial charge on any atom is -0.507 e. The summed E-state index contributed by atoms with van der Waals surface area (Å²) in [6, 6.07) is 8.11. The molecule has 0 saturated heterocycles. The van der Waals surface area contributed by atoms with Crippen molar-refractivity contribution in [2.75, 3.05) is 6.61 Å². The number of benzene rings is 2. The van der Waals surface area contributed by atoms with Gasteiger partial charge in [0.15, 0.2) is 4.80 Å². The SMILES string of the molecule is CCOC(=O)C1=C(C)N=c2s/c(=C\c3cc(C(C)(C)C)c(O)c(C(C)(C)C)c3)c(=O)n2[C@H]1c1cccc(Cl)c1Cl. The van der Waals surface area contributed by atoms with Gasteiger partial charge in [-0.1, -0.05) is 88.2 Å². The first-order chi connectivity index (χ1) is 18.6. The molecular weight excluding hydrogens is 567 g/mol. The lowest BCUT2D eigenvalue weighted by atomic mass is 9.78. The molecule has 1 aromatic heterocycles. The summed E-state index contributed by atoms with van der Waals surface area (Å²) in [5, 5.41) is 11.7. The van der Waals surface area contributed by atoms with Crippen molar-refractivity contribution < 1.29 is 14.6 Å². The fourth-order valence-electron chi connectivity index (χ4n) is 4.85. The monoisotopic (exact) mass is 600 g/mol. The third kappa shape index (κ3) is 5.52. The summed E-state index contributed by atoms with van der Waals surface area (Å²) in [4.78, 5) is 32.3. The molecule has 1 aliphatic rings. The van der Waals surface area contributed by atoms with Gasteiger partial charge in [-0.15, -0.1) is 0 Å². The van der Waals surface area contributed by atoms with Gasteiger partial charge < -0.3 is 9.84 Å². The Kier molecular flexibility index (Phi) is 8.16. The Hall–Kier alpha value is -2.87. The fourth-order valence-corrected chi connectivity index (χ4v) is 6.31. The predicted molar refractivity (Wildman–Crippen MR) is 162 cm³/mol. The first-order valence-electron chi connectivity index (χ1n) is 13.1. The normalized spacial score (nSPS) is 16.1. The average molecular weight is 602 g/mol. The lowest BCUT2D eigenvalue weighted by Crippen LogP contribution is -2.40. The second-order valence-electron chi connectivity index (χ2n) is 11.9. The highest BCUT2D eigenvalue weighted by Crippen LogP contribution is 2.40. The molecule has 0 radical (unpaired) electrons. The number of hydrogen-bond donors (Lipinski definition) is 1. The van der Waals surface area contributed by atoms with E-state index < -0.39 is 12.0 Å². The van der Waals surface area contributed by atoms with Crippen molar-refractivity contribution in [3.8, 4) is 5.75 Å². The zero-order chi connectivity index (χ0) is 29.7. The number of carbonyl (C=O) groups excluding carboxylic acids is 1. The van der Waals surface area contributed by atoms with Gasteiger partial charge in [0, 0.05) is 16.7 Å². The van der Waals surface area contributed by atoms with Crippen LogP contribution >= 0.6 is 34.5 Å². The van der Waals surface area contributed by atoms with Gasteiger partial charge in [0.1, 0.15) is 11.8 Å². The molecule has 1 N–H and O–H groups in total. The summed E-state index contributed by atoms with van der Waals surface area (Å²) < 4.78 is 7.28. The van der Waals surface area contributed by atoms with Crippen LogP contribution in [-0.2, 0) is 20.4 Å². The Morgan fingerprint density at radius 3 is 2.27 bits per heavy atom. The molecule has 9 heteroatoms. The fraction of sp³-hybridized carbons (Fsp3) is 0.387. The Labute approximate surface area is 248 Å². The number of rotatable bonds is 4. The Bertz CT molecular complexity index is 1680. The Balaban J connectivity index is 2.03. The molecule has 1 aliphatic heterocycles. The van der Waals surface area contributed by atoms with E-state index in [4.69, 9.17) is 27.9 Å². The maximum Gasteiger partial charge on any atom is 0.338 e. The molecule has 0 unspecified atom stereocenters. The van der Waals surface area contributed by atoms with Crippen molar-refractivity contribution >= 4 is 46.6 Å². The highest BCUT2D eigenvalue weighted by Gasteiger charge is 2.35. The summed E-state index contributed by atoms with van der Waals surface area (Å²) in [6.07, 6.45) is 1.81. The summed E-state index contributed by atoms with van der Waals surface area (Å²) in [5.74, 6) is -0.300. The Morgan fingerprint density at radius 1 is 1.12 bits per heavy atom. The van der Waals surface area contributed by atoms with Gasteiger partial charge in [0.25, 0.3) is 5.56 Å². The summed E-state index contributed by atoms with van der Waals surface area (Å²) in [7, 11) is 0. The largest absolute Gasteiger partial charge is 0.507 e. The lowest BCUT2D eigenvalue weighted by molar-refractivity contribution is -0.139. The zero-order valence-corrected chi connectivity index (χ0v) is 26.3. The van der Waals surface area contributed by atoms with Gasteiger partial charge in [-0.05, 0) is 54.5 Å². The van der Waals surface area contributed by atoms with E-state index in [0.29, 0.717) is 25.6 Å². The maximum atomic E-state index is 14.0. The van der Waals surface area contributed by atoms with Crippen LogP contribution in [0.25, 0.3) is 6.08 Å². The predicted octanol–water partition coefficient (Wildman–Crippen LogP) is 6.41. The molecule has 212 valence electrons. The van der Waals surface area contributed by atoms with Crippen molar-refractivity contribution in [3.05, 3.63) is 93.6 Å². The second-order valence-corrected chi connectivity index (χ2v) is 13.7. The minimum atomic E-state index is -0.862. The molecular formula is C31H34Cl2N2O4S. The minimum absolute atomic E-state index is 0.170. The number of phenols is 1. The second kappa shape index (κ2) is 10.8. The van der Waals surface area contributed by atoms with E-state index in [2.05, 4.69) is 4.99 Å². The molecule has 0 aliphatic carbocycles. The van der Waals surface area contributed by atoms with E-state index in [9.17, 15) is 14.7 Å². The number of thiazole rings is 1. The van der Waals surface area contributed by atoms with E-state index in [1.165, 1.54) is 15.9 Å². The molecule has 0 amide bonds. The summed E-state index contributed by atoms with van der Waals surface area (Å²) in [5.41, 5.74) is 2.60. The van der Waals surface area contributed by atoms with Gasteiger partial charge in [-0.3, -0.25) is 9.36 Å². The van der Waals surface area contributed by atoms with Crippen molar-refractivity contribution in [1.29, 1.82) is 0 Å². The molecule has 0 saturated carbocycles. The molecule has 1 atom stereocenters. The van der Waals surface area contributed by atoms with E-state index in [0.717, 1.165) is 16.7 Å². The third-order valence-electron chi connectivity index (χ3n) is 6.84. The zero-order valence-electron chi connectivity index (χ0n) is 24.0. The molecule has 40 heavy (non-hydrogen) atoms. The standard InChI is InChI=1S/C31H34Cl2N2O4S/c1-9-39-28(38)23-16(2)34-29-35(25(23)18-11-10-12-21(32)24(18)33)27(37)22(40-29)15-17-13-19(30(3,4)5)26(36)20(14-17)31(6,7)8/h10-15,25,36H,9H2,1-8H3/b22-15-/t25-/m0/s1. The van der Waals surface area contributed by atoms with Crippen LogP contribution in [0.15, 0.2) is 51.4 Å². The summed E-state index contributed by atoms with van der Waals surface area (Å²) >= 11 is 14.2. The molecule has 2 aromatic carbocycles. The number of fused-ring (bicyclic) bond motifs is 1. The number of halogens is 2. The van der Waals surface area contributed by atoms with Crippen molar-refractivity contribution in [2.24, 2.45) is 4.99 Å². The summed E-state index contributed by atoms with van der Waals surface area (Å²) in [6.45, 7) is 15.9. The number of allylic oxidation sites excluding steroid dienone is 1. The third-order valence-corrected chi connectivity index (χ3v) is 8.66. The number of esters is 1. The number of nitrogens with zero attached hydrogens (tertiary/aromatic N) is 2. The van der Waals surface area contributed by atoms with Gasteiger partial charge in [-0.25, -0.2) is 9.79 Å². The molecule has 3 aromatic rings. The van der Waals surface area contributed by atoms with Crippen LogP contribution < -0.4 is 14.9 Å². The Morgan fingerprint density at radius 2 is 1.73 bits per heavy atom. The van der Waals surface area contributed by atoms with Crippen LogP contribution in [0, 0.1) is 0 Å². The van der Waals surface area contributed by atoms with Crippen molar-refractivity contribution in [3.63, 3.8) is 0 Å². The van der Waals surface area contributed by atoms with Gasteiger partial charge >= 0.3 is 5.97 Å². The number of hydrogen-bond acceptors (Lipinski definition) is 6. The van der Waals surface area contributed by atoms with Crippen molar-refractivity contribution in [2.45, 2.75) is 72.3 Å². The van der Waals surface area contributed by atoms with E-state index in [1.807, 2.05) is 59.8 Å². The first-order valence-corrected chi connectivity index (χ1v) is 14.6. The van der Waals surface area contributed by atoms with Gasteiger partial charge in [-0.2, -0.15) is 0 Å². The number of ether oxygens (including phenoxy) is 1. The highest BCUT2D eigenvalue weighted by atomic mass is 35.5. The number of aromatic nitrogens is 1. The van der Waals surface area contributed by atoms with Crippen LogP contribution in [-0.4, -0.2) is 22.2 Å². The van der Waals surface area contributed by atoms with E-state index in [-0.39, 0.29) is 39.3 Å². The number of carbonyl (C=O) groups is 1. The van der Waals surface area contributed by atoms with Crippen LogP contribution in [0.2, 0.25) is 10.0 Å². The molecule has 2 heterocycles. The quantitative estimate of drug-likeness (QED) is 0.351. The van der Waals surface area contributed by atoms with E-state index in [1.54, 1.807) is 32.0 Å². The number of aromatic hydroxyl groups is 1. The maximum absolute atomic E-state index is 14.0. The molecule has 6 nitrogen and oxygen atoms in total. The van der Waals surface area contributed by atoms with Crippen LogP contribution in [0.4, 0.5) is 0 Å². The topological polar surface area (TPSA) is 80.9 Å². The van der Waals surface area contributed by atoms with Crippen LogP contribution in [0.1, 0.15) is 83.7 Å². The lowest BCUT2D eigenvalue weighted by Gasteiger charge is -2.27. The highest BCUT2D eigenvalue weighted by molar-refractivity contribution is 7.07. The smallest absolute Gasteiger partial charge is 0.338 e.